The van der Waals surface area contributed by atoms with Crippen molar-refractivity contribution in [1.29, 1.82) is 0 Å². The van der Waals surface area contributed by atoms with Gasteiger partial charge in [-0.2, -0.15) is 8.42 Å². The third-order valence-corrected chi connectivity index (χ3v) is 5.56. The highest BCUT2D eigenvalue weighted by Crippen LogP contribution is 2.42. The molecule has 0 fully saturated rings. The Bertz CT molecular complexity index is 914. The molecule has 0 spiro atoms. The Morgan fingerprint density at radius 2 is 1.86 bits per heavy atom. The van der Waals surface area contributed by atoms with Crippen molar-refractivity contribution >= 4 is 32.2 Å². The minimum atomic E-state index is -3.86. The molecular weight excluding hydrogens is 308 g/mol. The maximum atomic E-state index is 12.5. The van der Waals surface area contributed by atoms with Crippen molar-refractivity contribution in [3.63, 3.8) is 0 Å². The van der Waals surface area contributed by atoms with Crippen LogP contribution in [0, 0.1) is 0 Å². The number of thiophene rings is 1. The monoisotopic (exact) mass is 318 g/mol. The van der Waals surface area contributed by atoms with Gasteiger partial charge in [0.1, 0.15) is 10.6 Å². The average Bonchev–Trinajstić information content (AvgIpc) is 3.00. The molecule has 1 unspecified atom stereocenters. The molecule has 0 amide bonds. The predicted molar refractivity (Wildman–Crippen MR) is 79.9 cm³/mol. The van der Waals surface area contributed by atoms with Crippen LogP contribution >= 0.6 is 11.3 Å². The lowest BCUT2D eigenvalue weighted by Gasteiger charge is -2.25. The zero-order valence-electron chi connectivity index (χ0n) is 10.7. The first-order valence-electron chi connectivity index (χ1n) is 6.30. The normalized spacial score (nSPS) is 19.9. The molecule has 0 saturated carbocycles. The zero-order valence-corrected chi connectivity index (χ0v) is 12.4. The number of rotatable bonds is 1. The lowest BCUT2D eigenvalue weighted by molar-refractivity contribution is -0.000420. The van der Waals surface area contributed by atoms with E-state index in [0.29, 0.717) is 11.1 Å². The third-order valence-electron chi connectivity index (χ3n) is 3.32. The Balaban J connectivity index is 1.94. The summed E-state index contributed by atoms with van der Waals surface area (Å²) in [6.45, 7) is 0. The van der Waals surface area contributed by atoms with Crippen LogP contribution in [0.15, 0.2) is 58.8 Å². The number of hydrogen-bond acceptors (Lipinski definition) is 5. The number of ether oxygens (including phenoxy) is 1. The van der Waals surface area contributed by atoms with Gasteiger partial charge in [-0.1, -0.05) is 36.4 Å². The largest absolute Gasteiger partial charge is 0.457 e. The highest BCUT2D eigenvalue weighted by atomic mass is 32.2. The first-order chi connectivity index (χ1) is 10.1. The molecule has 1 aromatic heterocycles. The fraction of sp³-hybridized carbons (Fsp3) is 0.0667. The van der Waals surface area contributed by atoms with Gasteiger partial charge in [0.15, 0.2) is 0 Å². The minimum Gasteiger partial charge on any atom is -0.457 e. The fourth-order valence-electron chi connectivity index (χ4n) is 2.40. The summed E-state index contributed by atoms with van der Waals surface area (Å²) in [4.78, 5) is 0.825. The number of fused-ring (bicyclic) bond motifs is 3. The molecule has 1 atom stereocenters. The van der Waals surface area contributed by atoms with E-state index in [0.717, 1.165) is 10.3 Å². The summed E-state index contributed by atoms with van der Waals surface area (Å²) in [6, 6.07) is 14.4. The van der Waals surface area contributed by atoms with Gasteiger partial charge < -0.3 is 4.74 Å². The molecule has 0 radical (unpaired) electrons. The van der Waals surface area contributed by atoms with Crippen LogP contribution < -0.4 is 4.74 Å². The molecule has 0 aliphatic carbocycles. The van der Waals surface area contributed by atoms with Crippen LogP contribution in [0.5, 0.6) is 5.75 Å². The Labute approximate surface area is 125 Å². The summed E-state index contributed by atoms with van der Waals surface area (Å²) in [6.07, 6.45) is -0.913. The Morgan fingerprint density at radius 1 is 1.00 bits per heavy atom. The highest BCUT2D eigenvalue weighted by molar-refractivity contribution is 7.87. The number of benzene rings is 2. The number of hydrogen-bond donors (Lipinski definition) is 0. The van der Waals surface area contributed by atoms with E-state index in [4.69, 9.17) is 8.92 Å². The van der Waals surface area contributed by atoms with Crippen molar-refractivity contribution in [1.82, 2.24) is 0 Å². The van der Waals surface area contributed by atoms with Gasteiger partial charge in [-0.25, -0.2) is 4.18 Å². The summed E-state index contributed by atoms with van der Waals surface area (Å²) in [7, 11) is -3.86. The van der Waals surface area contributed by atoms with Gasteiger partial charge in [-0.15, -0.1) is 11.3 Å². The average molecular weight is 318 g/mol. The molecular formula is C15H10O4S2. The molecule has 4 rings (SSSR count). The summed E-state index contributed by atoms with van der Waals surface area (Å²) >= 11 is 1.39. The van der Waals surface area contributed by atoms with E-state index in [1.165, 1.54) is 11.3 Å². The summed E-state index contributed by atoms with van der Waals surface area (Å²) in [5, 5.41) is 3.30. The lowest BCUT2D eigenvalue weighted by Crippen LogP contribution is -2.23. The van der Waals surface area contributed by atoms with Gasteiger partial charge in [0.25, 0.3) is 6.29 Å². The van der Waals surface area contributed by atoms with Crippen molar-refractivity contribution in [2.75, 3.05) is 0 Å². The predicted octanol–water partition coefficient (Wildman–Crippen LogP) is 3.70. The molecule has 2 heterocycles. The van der Waals surface area contributed by atoms with Gasteiger partial charge in [0, 0.05) is 5.39 Å². The van der Waals surface area contributed by atoms with Crippen molar-refractivity contribution in [3.8, 4) is 5.75 Å². The summed E-state index contributed by atoms with van der Waals surface area (Å²) in [5.41, 5.74) is 0. The van der Waals surface area contributed by atoms with Crippen molar-refractivity contribution in [2.45, 2.75) is 11.2 Å². The van der Waals surface area contributed by atoms with E-state index < -0.39 is 16.4 Å². The molecule has 1 aliphatic rings. The molecule has 0 bridgehead atoms. The van der Waals surface area contributed by atoms with Gasteiger partial charge in [-0.3, -0.25) is 0 Å². The van der Waals surface area contributed by atoms with Crippen LogP contribution in [0.25, 0.3) is 10.8 Å². The molecule has 1 aliphatic heterocycles. The van der Waals surface area contributed by atoms with Crippen molar-refractivity contribution < 1.29 is 17.3 Å². The van der Waals surface area contributed by atoms with Crippen LogP contribution in [0.1, 0.15) is 11.2 Å². The molecule has 21 heavy (non-hydrogen) atoms. The molecule has 2 aromatic carbocycles. The van der Waals surface area contributed by atoms with Crippen LogP contribution in [0.2, 0.25) is 0 Å². The van der Waals surface area contributed by atoms with Gasteiger partial charge in [0.05, 0.1) is 4.88 Å². The standard InChI is InChI=1S/C15H10O4S2/c16-21(17)14-11-5-2-1-4-10(11)7-8-12(14)18-15(19-21)13-6-3-9-20-13/h1-9,15H. The van der Waals surface area contributed by atoms with E-state index in [1.54, 1.807) is 24.3 Å². The third kappa shape index (κ3) is 2.03. The second-order valence-electron chi connectivity index (χ2n) is 4.63. The van der Waals surface area contributed by atoms with Gasteiger partial charge in [-0.05, 0) is 22.9 Å². The molecule has 0 saturated heterocycles. The quantitative estimate of drug-likeness (QED) is 0.642. The van der Waals surface area contributed by atoms with E-state index in [2.05, 4.69) is 0 Å². The zero-order chi connectivity index (χ0) is 14.4. The van der Waals surface area contributed by atoms with Crippen molar-refractivity contribution in [3.05, 3.63) is 58.8 Å². The lowest BCUT2D eigenvalue weighted by atomic mass is 10.1. The maximum absolute atomic E-state index is 12.5. The molecule has 3 aromatic rings. The SMILES string of the molecule is O=S1(=O)OC(c2cccs2)Oc2ccc3ccccc3c21. The van der Waals surface area contributed by atoms with E-state index in [1.807, 2.05) is 29.6 Å². The fourth-order valence-corrected chi connectivity index (χ4v) is 4.43. The van der Waals surface area contributed by atoms with Crippen LogP contribution in [0.3, 0.4) is 0 Å². The molecule has 0 N–H and O–H groups in total. The van der Waals surface area contributed by atoms with Crippen LogP contribution in [0.4, 0.5) is 0 Å². The van der Waals surface area contributed by atoms with Crippen LogP contribution in [-0.4, -0.2) is 8.42 Å². The van der Waals surface area contributed by atoms with E-state index in [9.17, 15) is 8.42 Å². The first kappa shape index (κ1) is 12.8. The van der Waals surface area contributed by atoms with E-state index in [-0.39, 0.29) is 4.90 Å². The first-order valence-corrected chi connectivity index (χ1v) is 8.59. The Morgan fingerprint density at radius 3 is 2.67 bits per heavy atom. The highest BCUT2D eigenvalue weighted by Gasteiger charge is 2.35. The summed E-state index contributed by atoms with van der Waals surface area (Å²) in [5.74, 6) is 0.332. The van der Waals surface area contributed by atoms with Crippen LogP contribution in [-0.2, 0) is 14.3 Å². The molecule has 4 nitrogen and oxygen atoms in total. The summed E-state index contributed by atoms with van der Waals surface area (Å²) < 4.78 is 35.9. The Kier molecular flexibility index (Phi) is 2.78. The second kappa shape index (κ2) is 4.56. The van der Waals surface area contributed by atoms with Crippen molar-refractivity contribution in [2.24, 2.45) is 0 Å². The topological polar surface area (TPSA) is 52.6 Å². The second-order valence-corrected chi connectivity index (χ2v) is 7.12. The Hall–Kier alpha value is -1.89. The molecule has 106 valence electrons. The van der Waals surface area contributed by atoms with Gasteiger partial charge in [0.2, 0.25) is 0 Å². The maximum Gasteiger partial charge on any atom is 0.304 e. The van der Waals surface area contributed by atoms with E-state index >= 15 is 0 Å². The van der Waals surface area contributed by atoms with Gasteiger partial charge >= 0.3 is 10.1 Å². The minimum absolute atomic E-state index is 0.105. The molecule has 6 heteroatoms. The smallest absolute Gasteiger partial charge is 0.304 e.